The third-order valence-corrected chi connectivity index (χ3v) is 7.14. The molecule has 3 heteroatoms. The zero-order valence-electron chi connectivity index (χ0n) is 14.8. The SMILES string of the molecule is CC1(C)CC(NC23CC4CC(CC(C4)C2)C3)CC(C)(C)N1[O]. The highest BCUT2D eigenvalue weighted by molar-refractivity contribution is 5.09. The first-order valence-corrected chi connectivity index (χ1v) is 9.43. The maximum absolute atomic E-state index is 12.6. The molecule has 3 nitrogen and oxygen atoms in total. The van der Waals surface area contributed by atoms with Crippen LogP contribution in [-0.2, 0) is 5.21 Å². The Labute approximate surface area is 135 Å². The van der Waals surface area contributed by atoms with Gasteiger partial charge in [-0.05, 0) is 96.8 Å². The van der Waals surface area contributed by atoms with Gasteiger partial charge in [0.05, 0.1) is 0 Å². The van der Waals surface area contributed by atoms with Crippen molar-refractivity contribution in [2.75, 3.05) is 0 Å². The van der Waals surface area contributed by atoms with E-state index in [0.29, 0.717) is 11.6 Å². The van der Waals surface area contributed by atoms with Gasteiger partial charge in [-0.3, -0.25) is 0 Å². The standard InChI is InChI=1S/C19H33N2O/c1-17(2)11-16(12-18(3,4)21(17)22)20-19-8-13-5-14(9-19)7-15(6-13)10-19/h13-16,20H,5-12H2,1-4H3. The molecule has 0 amide bonds. The maximum Gasteiger partial charge on any atom is 0.0458 e. The molecule has 5 aliphatic rings. The molecule has 4 saturated carbocycles. The van der Waals surface area contributed by atoms with E-state index in [1.54, 1.807) is 0 Å². The lowest BCUT2D eigenvalue weighted by Crippen LogP contribution is -2.67. The molecule has 125 valence electrons. The monoisotopic (exact) mass is 305 g/mol. The zero-order chi connectivity index (χ0) is 15.8. The molecular formula is C19H33N2O. The largest absolute Gasteiger partial charge is 0.308 e. The minimum absolute atomic E-state index is 0.248. The summed E-state index contributed by atoms with van der Waals surface area (Å²) in [5.41, 5.74) is -0.0833. The van der Waals surface area contributed by atoms with E-state index < -0.39 is 0 Å². The lowest BCUT2D eigenvalue weighted by molar-refractivity contribution is -0.291. The summed E-state index contributed by atoms with van der Waals surface area (Å²) in [6.45, 7) is 8.48. The molecule has 5 fully saturated rings. The molecule has 4 aliphatic carbocycles. The molecule has 0 aromatic rings. The van der Waals surface area contributed by atoms with Crippen LogP contribution in [0.1, 0.15) is 79.1 Å². The van der Waals surface area contributed by atoms with Gasteiger partial charge in [0.15, 0.2) is 0 Å². The number of piperidine rings is 1. The first-order valence-electron chi connectivity index (χ1n) is 9.43. The van der Waals surface area contributed by atoms with E-state index in [-0.39, 0.29) is 11.1 Å². The molecule has 0 spiro atoms. The molecule has 1 heterocycles. The van der Waals surface area contributed by atoms with Gasteiger partial charge >= 0.3 is 0 Å². The smallest absolute Gasteiger partial charge is 0.0458 e. The Morgan fingerprint density at radius 1 is 0.773 bits per heavy atom. The van der Waals surface area contributed by atoms with Gasteiger partial charge in [-0.2, -0.15) is 0 Å². The average Bonchev–Trinajstić information content (AvgIpc) is 2.32. The Bertz CT molecular complexity index is 403. The molecule has 0 aromatic carbocycles. The van der Waals surface area contributed by atoms with Crippen LogP contribution in [0.4, 0.5) is 0 Å². The summed E-state index contributed by atoms with van der Waals surface area (Å²) in [5, 5.41) is 18.1. The van der Waals surface area contributed by atoms with Crippen molar-refractivity contribution < 1.29 is 5.21 Å². The molecule has 0 atom stereocenters. The Morgan fingerprint density at radius 3 is 1.59 bits per heavy atom. The quantitative estimate of drug-likeness (QED) is 0.839. The molecule has 0 unspecified atom stereocenters. The summed E-state index contributed by atoms with van der Waals surface area (Å²) in [7, 11) is 0. The topological polar surface area (TPSA) is 35.2 Å². The van der Waals surface area contributed by atoms with Gasteiger partial charge < -0.3 is 5.32 Å². The summed E-state index contributed by atoms with van der Waals surface area (Å²) >= 11 is 0. The normalized spacial score (nSPS) is 47.0. The maximum atomic E-state index is 12.6. The van der Waals surface area contributed by atoms with Crippen molar-refractivity contribution in [1.82, 2.24) is 10.4 Å². The zero-order valence-corrected chi connectivity index (χ0v) is 14.8. The van der Waals surface area contributed by atoms with Crippen molar-refractivity contribution in [1.29, 1.82) is 0 Å². The van der Waals surface area contributed by atoms with E-state index in [2.05, 4.69) is 33.0 Å². The third-order valence-electron chi connectivity index (χ3n) is 7.14. The van der Waals surface area contributed by atoms with Crippen LogP contribution >= 0.6 is 0 Å². The van der Waals surface area contributed by atoms with Crippen molar-refractivity contribution >= 4 is 0 Å². The van der Waals surface area contributed by atoms with Crippen molar-refractivity contribution in [3.05, 3.63) is 0 Å². The van der Waals surface area contributed by atoms with Crippen LogP contribution in [0.25, 0.3) is 0 Å². The first-order chi connectivity index (χ1) is 10.2. The second kappa shape index (κ2) is 4.70. The lowest BCUT2D eigenvalue weighted by atomic mass is 9.52. The molecule has 1 saturated heterocycles. The van der Waals surface area contributed by atoms with E-state index in [1.807, 2.05) is 0 Å². The number of nitrogens with one attached hydrogen (secondary N) is 1. The van der Waals surface area contributed by atoms with Crippen molar-refractivity contribution in [2.45, 2.75) is 102 Å². The highest BCUT2D eigenvalue weighted by atomic mass is 16.5. The number of hydrogen-bond donors (Lipinski definition) is 1. The second-order valence-electron chi connectivity index (χ2n) is 10.4. The molecule has 1 aliphatic heterocycles. The number of hydrogen-bond acceptors (Lipinski definition) is 2. The van der Waals surface area contributed by atoms with E-state index in [0.717, 1.165) is 30.6 Å². The van der Waals surface area contributed by atoms with Gasteiger partial charge in [0, 0.05) is 22.7 Å². The average molecular weight is 305 g/mol. The molecule has 0 aromatic heterocycles. The minimum Gasteiger partial charge on any atom is -0.308 e. The van der Waals surface area contributed by atoms with E-state index in [1.165, 1.54) is 43.6 Å². The van der Waals surface area contributed by atoms with Gasteiger partial charge in [0.2, 0.25) is 0 Å². The fraction of sp³-hybridized carbons (Fsp3) is 1.00. The Hall–Kier alpha value is -0.120. The van der Waals surface area contributed by atoms with Gasteiger partial charge in [0.1, 0.15) is 0 Å². The number of hydroxylamine groups is 2. The van der Waals surface area contributed by atoms with Crippen LogP contribution < -0.4 is 5.32 Å². The van der Waals surface area contributed by atoms with Crippen LogP contribution in [0.3, 0.4) is 0 Å². The van der Waals surface area contributed by atoms with E-state index in [9.17, 15) is 5.21 Å². The van der Waals surface area contributed by atoms with Crippen LogP contribution in [0, 0.1) is 17.8 Å². The molecule has 22 heavy (non-hydrogen) atoms. The van der Waals surface area contributed by atoms with Crippen molar-refractivity contribution in [3.8, 4) is 0 Å². The summed E-state index contributed by atoms with van der Waals surface area (Å²) in [6, 6.07) is 0.506. The van der Waals surface area contributed by atoms with Gasteiger partial charge in [-0.15, -0.1) is 10.3 Å². The third kappa shape index (κ3) is 2.44. The van der Waals surface area contributed by atoms with Crippen molar-refractivity contribution in [3.63, 3.8) is 0 Å². The molecule has 1 N–H and O–H groups in total. The van der Waals surface area contributed by atoms with Crippen molar-refractivity contribution in [2.24, 2.45) is 17.8 Å². The summed E-state index contributed by atoms with van der Waals surface area (Å²) in [6.07, 6.45) is 10.7. The predicted octanol–water partition coefficient (Wildman–Crippen LogP) is 3.91. The van der Waals surface area contributed by atoms with Gasteiger partial charge in [0.25, 0.3) is 0 Å². The molecular weight excluding hydrogens is 272 g/mol. The fourth-order valence-electron chi connectivity index (χ4n) is 7.09. The Balaban J connectivity index is 1.52. The minimum atomic E-state index is -0.248. The Kier molecular flexibility index (Phi) is 3.30. The number of nitrogens with zero attached hydrogens (tertiary/aromatic N) is 1. The van der Waals surface area contributed by atoms with Gasteiger partial charge in [-0.1, -0.05) is 0 Å². The van der Waals surface area contributed by atoms with Crippen LogP contribution in [0.5, 0.6) is 0 Å². The van der Waals surface area contributed by atoms with E-state index >= 15 is 0 Å². The molecule has 5 rings (SSSR count). The van der Waals surface area contributed by atoms with Crippen LogP contribution in [0.2, 0.25) is 0 Å². The molecule has 1 radical (unpaired) electrons. The lowest BCUT2D eigenvalue weighted by Gasteiger charge is -2.59. The van der Waals surface area contributed by atoms with Crippen LogP contribution in [0.15, 0.2) is 0 Å². The highest BCUT2D eigenvalue weighted by Gasteiger charge is 2.53. The predicted molar refractivity (Wildman–Crippen MR) is 87.7 cm³/mol. The first kappa shape index (κ1) is 15.4. The molecule has 4 bridgehead atoms. The Morgan fingerprint density at radius 2 is 1.18 bits per heavy atom. The summed E-state index contributed by atoms with van der Waals surface area (Å²) < 4.78 is 0. The number of rotatable bonds is 2. The van der Waals surface area contributed by atoms with Gasteiger partial charge in [-0.25, -0.2) is 0 Å². The summed E-state index contributed by atoms with van der Waals surface area (Å²) in [5.74, 6) is 2.96. The van der Waals surface area contributed by atoms with E-state index in [4.69, 9.17) is 0 Å². The van der Waals surface area contributed by atoms with Crippen LogP contribution in [-0.4, -0.2) is 27.7 Å². The fourth-order valence-corrected chi connectivity index (χ4v) is 7.09. The highest BCUT2D eigenvalue weighted by Crippen LogP contribution is 2.56. The summed E-state index contributed by atoms with van der Waals surface area (Å²) in [4.78, 5) is 0. The second-order valence-corrected chi connectivity index (χ2v) is 10.4.